The Labute approximate surface area is 112 Å². The van der Waals surface area contributed by atoms with Crippen molar-refractivity contribution in [2.45, 2.75) is 32.7 Å². The molecular formula is C12H18ClN3S. The van der Waals surface area contributed by atoms with Crippen LogP contribution in [0.4, 0.5) is 5.82 Å². The molecule has 1 aromatic rings. The van der Waals surface area contributed by atoms with E-state index in [9.17, 15) is 0 Å². The van der Waals surface area contributed by atoms with E-state index in [4.69, 9.17) is 11.6 Å². The summed E-state index contributed by atoms with van der Waals surface area (Å²) in [6.07, 6.45) is 2.47. The molecule has 0 aromatic carbocycles. The van der Waals surface area contributed by atoms with E-state index in [1.165, 1.54) is 24.3 Å². The number of rotatable bonds is 3. The van der Waals surface area contributed by atoms with Crippen LogP contribution in [-0.4, -0.2) is 34.1 Å². The van der Waals surface area contributed by atoms with Crippen LogP contribution in [0.2, 0.25) is 5.15 Å². The zero-order valence-corrected chi connectivity index (χ0v) is 11.9. The average molecular weight is 272 g/mol. The number of nitrogens with zero attached hydrogens (tertiary/aromatic N) is 3. The van der Waals surface area contributed by atoms with Gasteiger partial charge in [0.1, 0.15) is 16.8 Å². The SMILES string of the molecule is CCN(c1cc(Cl)nc(C)n1)C1CCSCC1. The monoisotopic (exact) mass is 271 g/mol. The summed E-state index contributed by atoms with van der Waals surface area (Å²) in [4.78, 5) is 11.0. The summed E-state index contributed by atoms with van der Waals surface area (Å²) >= 11 is 8.05. The molecule has 1 aromatic heterocycles. The fourth-order valence-corrected chi connectivity index (χ4v) is 3.57. The van der Waals surface area contributed by atoms with Gasteiger partial charge in [-0.3, -0.25) is 0 Å². The molecular weight excluding hydrogens is 254 g/mol. The summed E-state index contributed by atoms with van der Waals surface area (Å²) in [5.41, 5.74) is 0. The lowest BCUT2D eigenvalue weighted by molar-refractivity contribution is 0.558. The molecule has 94 valence electrons. The second-order valence-electron chi connectivity index (χ2n) is 4.23. The molecule has 0 spiro atoms. The molecule has 0 bridgehead atoms. The molecule has 0 aliphatic carbocycles. The number of halogens is 1. The quantitative estimate of drug-likeness (QED) is 0.790. The standard InChI is InChI=1S/C12H18ClN3S/c1-3-16(10-4-6-17-7-5-10)12-8-11(13)14-9(2)15-12/h8,10H,3-7H2,1-2H3. The molecule has 1 aliphatic rings. The topological polar surface area (TPSA) is 29.0 Å². The highest BCUT2D eigenvalue weighted by molar-refractivity contribution is 7.99. The molecule has 5 heteroatoms. The zero-order valence-electron chi connectivity index (χ0n) is 10.3. The van der Waals surface area contributed by atoms with Crippen LogP contribution < -0.4 is 4.90 Å². The van der Waals surface area contributed by atoms with Gasteiger partial charge in [0, 0.05) is 18.7 Å². The third kappa shape index (κ3) is 3.26. The minimum atomic E-state index is 0.538. The molecule has 0 atom stereocenters. The number of hydrogen-bond donors (Lipinski definition) is 0. The summed E-state index contributed by atoms with van der Waals surface area (Å²) in [6.45, 7) is 5.04. The lowest BCUT2D eigenvalue weighted by atomic mass is 10.1. The Morgan fingerprint density at radius 3 is 2.71 bits per heavy atom. The van der Waals surface area contributed by atoms with Gasteiger partial charge in [0.2, 0.25) is 0 Å². The van der Waals surface area contributed by atoms with Gasteiger partial charge in [-0.2, -0.15) is 11.8 Å². The molecule has 2 heterocycles. The van der Waals surface area contributed by atoms with E-state index in [0.717, 1.165) is 18.2 Å². The molecule has 1 aliphatic heterocycles. The fourth-order valence-electron chi connectivity index (χ4n) is 2.27. The van der Waals surface area contributed by atoms with Crippen LogP contribution in [0.25, 0.3) is 0 Å². The van der Waals surface area contributed by atoms with Crippen molar-refractivity contribution in [2.75, 3.05) is 23.0 Å². The number of aromatic nitrogens is 2. The average Bonchev–Trinajstić information content (AvgIpc) is 2.30. The summed E-state index contributed by atoms with van der Waals surface area (Å²) < 4.78 is 0. The largest absolute Gasteiger partial charge is 0.354 e. The highest BCUT2D eigenvalue weighted by Crippen LogP contribution is 2.26. The van der Waals surface area contributed by atoms with Gasteiger partial charge in [-0.05, 0) is 38.2 Å². The van der Waals surface area contributed by atoms with Crippen LogP contribution in [0.5, 0.6) is 0 Å². The van der Waals surface area contributed by atoms with E-state index in [0.29, 0.717) is 11.2 Å². The second kappa shape index (κ2) is 5.91. The maximum atomic E-state index is 6.01. The van der Waals surface area contributed by atoms with Gasteiger partial charge in [0.15, 0.2) is 0 Å². The molecule has 0 N–H and O–H groups in total. The van der Waals surface area contributed by atoms with Crippen LogP contribution in [0.1, 0.15) is 25.6 Å². The van der Waals surface area contributed by atoms with Crippen molar-refractivity contribution in [3.8, 4) is 0 Å². The first-order valence-electron chi connectivity index (χ1n) is 6.06. The maximum Gasteiger partial charge on any atom is 0.134 e. The van der Waals surface area contributed by atoms with Crippen LogP contribution in [-0.2, 0) is 0 Å². The molecule has 3 nitrogen and oxygen atoms in total. The third-order valence-electron chi connectivity index (χ3n) is 3.06. The van der Waals surface area contributed by atoms with Crippen molar-refractivity contribution in [3.63, 3.8) is 0 Å². The minimum Gasteiger partial charge on any atom is -0.354 e. The molecule has 1 saturated heterocycles. The molecule has 0 amide bonds. The predicted molar refractivity (Wildman–Crippen MR) is 75.1 cm³/mol. The lowest BCUT2D eigenvalue weighted by Gasteiger charge is -2.34. The smallest absolute Gasteiger partial charge is 0.134 e. The van der Waals surface area contributed by atoms with Crippen LogP contribution in [0.15, 0.2) is 6.07 Å². The van der Waals surface area contributed by atoms with Crippen molar-refractivity contribution in [1.82, 2.24) is 9.97 Å². The van der Waals surface area contributed by atoms with Gasteiger partial charge < -0.3 is 4.90 Å². The van der Waals surface area contributed by atoms with Crippen molar-refractivity contribution >= 4 is 29.2 Å². The summed E-state index contributed by atoms with van der Waals surface area (Å²) in [5.74, 6) is 4.22. The Morgan fingerprint density at radius 1 is 1.41 bits per heavy atom. The summed E-state index contributed by atoms with van der Waals surface area (Å²) in [5, 5.41) is 0.538. The molecule has 0 radical (unpaired) electrons. The first-order valence-corrected chi connectivity index (χ1v) is 7.59. The third-order valence-corrected chi connectivity index (χ3v) is 4.30. The Morgan fingerprint density at radius 2 is 2.12 bits per heavy atom. The van der Waals surface area contributed by atoms with Crippen molar-refractivity contribution in [3.05, 3.63) is 17.0 Å². The van der Waals surface area contributed by atoms with Crippen molar-refractivity contribution in [2.24, 2.45) is 0 Å². The minimum absolute atomic E-state index is 0.538. The number of aryl methyl sites for hydroxylation is 1. The molecule has 0 unspecified atom stereocenters. The molecule has 2 rings (SSSR count). The van der Waals surface area contributed by atoms with Crippen molar-refractivity contribution < 1.29 is 0 Å². The van der Waals surface area contributed by atoms with Gasteiger partial charge in [0.05, 0.1) is 0 Å². The van der Waals surface area contributed by atoms with E-state index in [1.807, 2.05) is 24.8 Å². The van der Waals surface area contributed by atoms with Gasteiger partial charge in [-0.1, -0.05) is 11.6 Å². The number of hydrogen-bond acceptors (Lipinski definition) is 4. The molecule has 1 fully saturated rings. The van der Waals surface area contributed by atoms with Crippen molar-refractivity contribution in [1.29, 1.82) is 0 Å². The molecule has 0 saturated carbocycles. The van der Waals surface area contributed by atoms with E-state index in [2.05, 4.69) is 21.8 Å². The van der Waals surface area contributed by atoms with Crippen LogP contribution >= 0.6 is 23.4 Å². The Kier molecular flexibility index (Phi) is 4.51. The van der Waals surface area contributed by atoms with Gasteiger partial charge in [-0.15, -0.1) is 0 Å². The second-order valence-corrected chi connectivity index (χ2v) is 5.84. The first kappa shape index (κ1) is 13.0. The van der Waals surface area contributed by atoms with Crippen LogP contribution in [0, 0.1) is 6.92 Å². The maximum absolute atomic E-state index is 6.01. The Balaban J connectivity index is 2.21. The number of thioether (sulfide) groups is 1. The normalized spacial score (nSPS) is 17.1. The Bertz CT molecular complexity index is 360. The molecule has 17 heavy (non-hydrogen) atoms. The first-order chi connectivity index (χ1) is 8.20. The predicted octanol–water partition coefficient (Wildman–Crippen LogP) is 3.16. The fraction of sp³-hybridized carbons (Fsp3) is 0.667. The van der Waals surface area contributed by atoms with Crippen LogP contribution in [0.3, 0.4) is 0 Å². The highest BCUT2D eigenvalue weighted by atomic mass is 35.5. The van der Waals surface area contributed by atoms with Gasteiger partial charge in [-0.25, -0.2) is 9.97 Å². The van der Waals surface area contributed by atoms with Gasteiger partial charge >= 0.3 is 0 Å². The summed E-state index contributed by atoms with van der Waals surface area (Å²) in [7, 11) is 0. The number of anilines is 1. The Hall–Kier alpha value is -0.480. The lowest BCUT2D eigenvalue weighted by Crippen LogP contribution is -2.38. The van der Waals surface area contributed by atoms with E-state index in [1.54, 1.807) is 0 Å². The van der Waals surface area contributed by atoms with E-state index in [-0.39, 0.29) is 0 Å². The highest BCUT2D eigenvalue weighted by Gasteiger charge is 2.21. The van der Waals surface area contributed by atoms with Gasteiger partial charge in [0.25, 0.3) is 0 Å². The van der Waals surface area contributed by atoms with E-state index >= 15 is 0 Å². The zero-order chi connectivity index (χ0) is 12.3. The van der Waals surface area contributed by atoms with E-state index < -0.39 is 0 Å². The summed E-state index contributed by atoms with van der Waals surface area (Å²) in [6, 6.07) is 2.48.